The van der Waals surface area contributed by atoms with Crippen molar-refractivity contribution >= 4 is 43.0 Å². The van der Waals surface area contributed by atoms with E-state index in [1.165, 1.54) is 0 Å². The van der Waals surface area contributed by atoms with Gasteiger partial charge in [-0.2, -0.15) is 13.2 Å². The number of benzene rings is 3. The van der Waals surface area contributed by atoms with Crippen molar-refractivity contribution in [3.63, 3.8) is 0 Å². The van der Waals surface area contributed by atoms with E-state index in [0.717, 1.165) is 11.1 Å². The monoisotopic (exact) mass is 638 g/mol. The maximum Gasteiger partial charge on any atom is 0.490 e. The summed E-state index contributed by atoms with van der Waals surface area (Å²) in [6, 6.07) is 20.3. The molecule has 16 heteroatoms. The largest absolute Gasteiger partial charge is 0.490 e. The van der Waals surface area contributed by atoms with Gasteiger partial charge in [-0.15, -0.1) is 0 Å². The number of carbonyl (C=O) groups excluding carboxylic acids is 1. The number of halogens is 3. The molecule has 3 aromatic carbocycles. The third-order valence-corrected chi connectivity index (χ3v) is 9.79. The molecule has 5 rings (SSSR count). The van der Waals surface area contributed by atoms with Crippen molar-refractivity contribution in [2.75, 3.05) is 0 Å². The molecular weight excluding hydrogens is 613 g/mol. The van der Waals surface area contributed by atoms with Crippen LogP contribution in [0.5, 0.6) is 0 Å². The minimum absolute atomic E-state index is 0.125. The zero-order valence-corrected chi connectivity index (χ0v) is 23.9. The Morgan fingerprint density at radius 2 is 1.67 bits per heavy atom. The van der Waals surface area contributed by atoms with Gasteiger partial charge in [0.2, 0.25) is 26.0 Å². The first kappa shape index (κ1) is 31.7. The molecule has 4 aromatic rings. The molecule has 1 aliphatic rings. The average molecular weight is 639 g/mol. The predicted octanol–water partition coefficient (Wildman–Crippen LogP) is 3.66. The number of sulfonamides is 2. The van der Waals surface area contributed by atoms with Gasteiger partial charge >= 0.3 is 12.1 Å². The van der Waals surface area contributed by atoms with E-state index in [1.54, 1.807) is 55.5 Å². The Balaban J connectivity index is 0.000000541. The zero-order valence-electron chi connectivity index (χ0n) is 22.3. The smallest absolute Gasteiger partial charge is 0.475 e. The van der Waals surface area contributed by atoms with Crippen LogP contribution in [-0.2, 0) is 36.1 Å². The van der Waals surface area contributed by atoms with Crippen LogP contribution >= 0.6 is 0 Å². The summed E-state index contributed by atoms with van der Waals surface area (Å²) in [4.78, 5) is 28.5. The highest BCUT2D eigenvalue weighted by molar-refractivity contribution is 7.90. The minimum Gasteiger partial charge on any atom is -0.475 e. The normalized spacial score (nSPS) is 17.1. The van der Waals surface area contributed by atoms with Gasteiger partial charge in [0.25, 0.3) is 0 Å². The molecule has 2 heterocycles. The summed E-state index contributed by atoms with van der Waals surface area (Å²) in [6.07, 6.45) is -4.95. The summed E-state index contributed by atoms with van der Waals surface area (Å²) < 4.78 is 87.6. The topological polar surface area (TPSA) is 175 Å². The van der Waals surface area contributed by atoms with Crippen LogP contribution in [-0.4, -0.2) is 50.0 Å². The molecule has 43 heavy (non-hydrogen) atoms. The predicted molar refractivity (Wildman–Crippen MR) is 149 cm³/mol. The number of carbonyl (C=O) groups is 2. The SMILES string of the molecule is Cc1ccccc1S(=O)(=O)N[C@@H](Cc1ccc(C2CC(=O)NS2(=O)=O)cc1)c1nc2ccccc2[nH]1.O=C(O)C(F)(F)F. The van der Waals surface area contributed by atoms with Crippen LogP contribution in [0, 0.1) is 6.92 Å². The lowest BCUT2D eigenvalue weighted by atomic mass is 10.0. The molecule has 2 atom stereocenters. The van der Waals surface area contributed by atoms with Crippen LogP contribution in [0.1, 0.15) is 40.2 Å². The molecule has 1 saturated heterocycles. The minimum atomic E-state index is -5.08. The number of imidazole rings is 1. The highest BCUT2D eigenvalue weighted by atomic mass is 32.2. The van der Waals surface area contributed by atoms with Crippen LogP contribution in [0.25, 0.3) is 11.0 Å². The van der Waals surface area contributed by atoms with E-state index in [4.69, 9.17) is 9.90 Å². The summed E-state index contributed by atoms with van der Waals surface area (Å²) in [5, 5.41) is 6.18. The number of aromatic amines is 1. The fourth-order valence-electron chi connectivity index (χ4n) is 4.39. The van der Waals surface area contributed by atoms with Crippen molar-refractivity contribution in [1.29, 1.82) is 0 Å². The Bertz CT molecular complexity index is 1840. The number of amides is 1. The van der Waals surface area contributed by atoms with Crippen molar-refractivity contribution in [3.05, 3.63) is 95.3 Å². The number of aryl methyl sites for hydroxylation is 1. The fraction of sp³-hybridized carbons (Fsp3) is 0.222. The lowest BCUT2D eigenvalue weighted by Gasteiger charge is -2.18. The highest BCUT2D eigenvalue weighted by Crippen LogP contribution is 2.31. The summed E-state index contributed by atoms with van der Waals surface area (Å²) in [7, 11) is -7.62. The van der Waals surface area contributed by atoms with Gasteiger partial charge in [-0.25, -0.2) is 31.3 Å². The first-order valence-electron chi connectivity index (χ1n) is 12.5. The third-order valence-electron chi connectivity index (χ3n) is 6.45. The zero-order chi connectivity index (χ0) is 31.6. The molecule has 1 amide bonds. The van der Waals surface area contributed by atoms with Crippen molar-refractivity contribution in [3.8, 4) is 0 Å². The first-order chi connectivity index (χ1) is 20.1. The quantitative estimate of drug-likeness (QED) is 0.237. The number of aromatic nitrogens is 2. The summed E-state index contributed by atoms with van der Waals surface area (Å²) in [5.41, 5.74) is 3.39. The van der Waals surface area contributed by atoms with Gasteiger partial charge < -0.3 is 10.1 Å². The highest BCUT2D eigenvalue weighted by Gasteiger charge is 2.38. The average Bonchev–Trinajstić information content (AvgIpc) is 3.48. The third kappa shape index (κ3) is 7.57. The van der Waals surface area contributed by atoms with Gasteiger partial charge in [-0.3, -0.25) is 9.52 Å². The van der Waals surface area contributed by atoms with Crippen LogP contribution in [0.3, 0.4) is 0 Å². The number of carboxylic acids is 1. The van der Waals surface area contributed by atoms with Crippen molar-refractivity contribution < 1.29 is 44.7 Å². The number of fused-ring (bicyclic) bond motifs is 1. The number of rotatable bonds is 7. The Hall–Kier alpha value is -4.28. The van der Waals surface area contributed by atoms with E-state index in [-0.39, 0.29) is 17.7 Å². The van der Waals surface area contributed by atoms with E-state index in [0.29, 0.717) is 22.5 Å². The van der Waals surface area contributed by atoms with Gasteiger partial charge in [0.1, 0.15) is 11.1 Å². The summed E-state index contributed by atoms with van der Waals surface area (Å²) >= 11 is 0. The van der Waals surface area contributed by atoms with E-state index in [9.17, 15) is 34.8 Å². The molecule has 1 aromatic heterocycles. The molecule has 0 saturated carbocycles. The molecule has 0 radical (unpaired) electrons. The van der Waals surface area contributed by atoms with Gasteiger partial charge in [-0.1, -0.05) is 54.6 Å². The fourth-order valence-corrected chi connectivity index (χ4v) is 7.27. The molecule has 228 valence electrons. The van der Waals surface area contributed by atoms with Crippen LogP contribution in [0.15, 0.2) is 77.7 Å². The second-order valence-corrected chi connectivity index (χ2v) is 13.1. The summed E-state index contributed by atoms with van der Waals surface area (Å²) in [6.45, 7) is 1.74. The maximum absolute atomic E-state index is 13.3. The Kier molecular flexibility index (Phi) is 8.94. The number of nitrogens with zero attached hydrogens (tertiary/aromatic N) is 1. The Morgan fingerprint density at radius 3 is 2.23 bits per heavy atom. The van der Waals surface area contributed by atoms with E-state index >= 15 is 0 Å². The standard InChI is InChI=1S/C25H24N4O5S2.C2HF3O2/c1-16-6-2-5-9-22(16)35(31,32)28-21(25-26-19-7-3-4-8-20(19)27-25)14-17-10-12-18(13-11-17)23-15-24(30)29-36(23,33)34;3-2(4,5)1(6)7/h2-13,21,23,28H,14-15H2,1H3,(H,26,27)(H,29,30);(H,6,7)/t21-,23?;/m0./s1. The molecule has 11 nitrogen and oxygen atoms in total. The molecule has 1 aliphatic heterocycles. The lowest BCUT2D eigenvalue weighted by Crippen LogP contribution is -2.31. The van der Waals surface area contributed by atoms with Gasteiger partial charge in [-0.05, 0) is 48.2 Å². The number of H-pyrrole nitrogens is 1. The Morgan fingerprint density at radius 1 is 1.07 bits per heavy atom. The van der Waals surface area contributed by atoms with Gasteiger partial charge in [0.05, 0.1) is 28.4 Å². The van der Waals surface area contributed by atoms with Crippen molar-refractivity contribution in [2.45, 2.75) is 42.1 Å². The van der Waals surface area contributed by atoms with Gasteiger partial charge in [0.15, 0.2) is 0 Å². The number of aliphatic carboxylic acids is 1. The van der Waals surface area contributed by atoms with Crippen LogP contribution < -0.4 is 9.44 Å². The first-order valence-corrected chi connectivity index (χ1v) is 15.6. The molecule has 0 spiro atoms. The lowest BCUT2D eigenvalue weighted by molar-refractivity contribution is -0.192. The van der Waals surface area contributed by atoms with Crippen LogP contribution in [0.2, 0.25) is 0 Å². The second-order valence-electron chi connectivity index (χ2n) is 9.59. The molecule has 0 aliphatic carbocycles. The number of carboxylic acid groups (broad SMARTS) is 1. The molecule has 1 fully saturated rings. The number of para-hydroxylation sites is 2. The van der Waals surface area contributed by atoms with E-state index in [2.05, 4.69) is 14.7 Å². The Labute approximate surface area is 244 Å². The molecule has 0 bridgehead atoms. The number of hydrogen-bond acceptors (Lipinski definition) is 7. The molecular formula is C27H25F3N4O7S2. The second kappa shape index (κ2) is 12.1. The molecule has 4 N–H and O–H groups in total. The van der Waals surface area contributed by atoms with Crippen molar-refractivity contribution in [2.24, 2.45) is 0 Å². The molecule has 1 unspecified atom stereocenters. The van der Waals surface area contributed by atoms with Crippen molar-refractivity contribution in [1.82, 2.24) is 19.4 Å². The number of hydrogen-bond donors (Lipinski definition) is 4. The van der Waals surface area contributed by atoms with Gasteiger partial charge in [0, 0.05) is 0 Å². The summed E-state index contributed by atoms with van der Waals surface area (Å²) in [5.74, 6) is -2.82. The van der Waals surface area contributed by atoms with Crippen LogP contribution in [0.4, 0.5) is 13.2 Å². The number of alkyl halides is 3. The maximum atomic E-state index is 13.3. The van der Waals surface area contributed by atoms with E-state index < -0.39 is 49.4 Å². The number of nitrogens with one attached hydrogen (secondary N) is 3. The van der Waals surface area contributed by atoms with E-state index in [1.807, 2.05) is 29.0 Å².